The van der Waals surface area contributed by atoms with Gasteiger partial charge in [0.05, 0.1) is 0 Å². The molecule has 0 amide bonds. The first-order valence-electron chi connectivity index (χ1n) is 5.02. The Kier molecular flexibility index (Phi) is 2.47. The van der Waals surface area contributed by atoms with Crippen LogP contribution in [0.15, 0.2) is 12.2 Å². The molecule has 0 saturated carbocycles. The van der Waals surface area contributed by atoms with E-state index in [4.69, 9.17) is 0 Å². The van der Waals surface area contributed by atoms with E-state index in [0.717, 1.165) is 24.4 Å². The zero-order valence-corrected chi connectivity index (χ0v) is 7.72. The van der Waals surface area contributed by atoms with E-state index < -0.39 is 0 Å². The predicted octanol–water partition coefficient (Wildman–Crippen LogP) is 0.760. The van der Waals surface area contributed by atoms with Gasteiger partial charge in [0.1, 0.15) is 0 Å². The fourth-order valence-electron chi connectivity index (χ4n) is 2.44. The van der Waals surface area contributed by atoms with Gasteiger partial charge in [0, 0.05) is 19.1 Å². The van der Waals surface area contributed by atoms with Gasteiger partial charge < -0.3 is 10.6 Å². The average Bonchev–Trinajstić information content (AvgIpc) is 2.53. The molecule has 2 heteroatoms. The lowest BCUT2D eigenvalue weighted by Gasteiger charge is -2.29. The monoisotopic (exact) mass is 166 g/mol. The molecule has 0 radical (unpaired) electrons. The summed E-state index contributed by atoms with van der Waals surface area (Å²) >= 11 is 0. The zero-order valence-electron chi connectivity index (χ0n) is 7.72. The number of rotatable bonds is 2. The predicted molar refractivity (Wildman–Crippen MR) is 51.1 cm³/mol. The van der Waals surface area contributed by atoms with Crippen LogP contribution in [0.3, 0.4) is 0 Å². The smallest absolute Gasteiger partial charge is 0.0148 e. The first-order chi connectivity index (χ1) is 5.92. The first-order valence-corrected chi connectivity index (χ1v) is 5.02. The minimum Gasteiger partial charge on any atom is -0.316 e. The molecule has 3 atom stereocenters. The summed E-state index contributed by atoms with van der Waals surface area (Å²) in [6.07, 6.45) is 5.94. The van der Waals surface area contributed by atoms with Crippen LogP contribution in [0.4, 0.5) is 0 Å². The van der Waals surface area contributed by atoms with Gasteiger partial charge in [0.15, 0.2) is 0 Å². The maximum absolute atomic E-state index is 3.56. The van der Waals surface area contributed by atoms with E-state index in [1.54, 1.807) is 0 Å². The van der Waals surface area contributed by atoms with Crippen molar-refractivity contribution in [3.05, 3.63) is 12.2 Å². The van der Waals surface area contributed by atoms with Gasteiger partial charge in [-0.15, -0.1) is 0 Å². The molecule has 1 saturated heterocycles. The average molecular weight is 166 g/mol. The number of hydrogen-bond acceptors (Lipinski definition) is 2. The summed E-state index contributed by atoms with van der Waals surface area (Å²) in [6.45, 7) is 5.67. The summed E-state index contributed by atoms with van der Waals surface area (Å²) < 4.78 is 0. The summed E-state index contributed by atoms with van der Waals surface area (Å²) in [5.41, 5.74) is 0. The second-order valence-electron chi connectivity index (χ2n) is 3.81. The van der Waals surface area contributed by atoms with E-state index in [-0.39, 0.29) is 0 Å². The SMILES string of the molecule is CCNC1CC=CC2CNCC21. The fourth-order valence-corrected chi connectivity index (χ4v) is 2.44. The van der Waals surface area contributed by atoms with E-state index >= 15 is 0 Å². The van der Waals surface area contributed by atoms with Crippen molar-refractivity contribution in [3.8, 4) is 0 Å². The van der Waals surface area contributed by atoms with Gasteiger partial charge in [-0.1, -0.05) is 19.1 Å². The Hall–Kier alpha value is -0.340. The Labute approximate surface area is 74.4 Å². The maximum Gasteiger partial charge on any atom is 0.0148 e. The van der Waals surface area contributed by atoms with Crippen molar-refractivity contribution in [2.45, 2.75) is 19.4 Å². The number of hydrogen-bond donors (Lipinski definition) is 2. The molecule has 0 bridgehead atoms. The lowest BCUT2D eigenvalue weighted by atomic mass is 9.83. The molecule has 1 aliphatic heterocycles. The Morgan fingerprint density at radius 2 is 2.42 bits per heavy atom. The van der Waals surface area contributed by atoms with Crippen LogP contribution >= 0.6 is 0 Å². The summed E-state index contributed by atoms with van der Waals surface area (Å²) in [5, 5.41) is 7.03. The molecule has 2 nitrogen and oxygen atoms in total. The third-order valence-corrected chi connectivity index (χ3v) is 3.07. The Balaban J connectivity index is 2.01. The van der Waals surface area contributed by atoms with E-state index in [0.29, 0.717) is 0 Å². The molecule has 1 fully saturated rings. The van der Waals surface area contributed by atoms with Crippen LogP contribution in [0.1, 0.15) is 13.3 Å². The van der Waals surface area contributed by atoms with Crippen molar-refractivity contribution in [1.82, 2.24) is 10.6 Å². The second kappa shape index (κ2) is 3.58. The minimum atomic E-state index is 0.722. The molecule has 1 aliphatic carbocycles. The molecule has 0 aromatic heterocycles. The topological polar surface area (TPSA) is 24.1 Å². The molecule has 0 spiro atoms. The van der Waals surface area contributed by atoms with Crippen LogP contribution in [-0.4, -0.2) is 25.7 Å². The molecule has 0 aromatic carbocycles. The van der Waals surface area contributed by atoms with Crippen LogP contribution in [0, 0.1) is 11.8 Å². The van der Waals surface area contributed by atoms with Crippen molar-refractivity contribution in [2.24, 2.45) is 11.8 Å². The highest BCUT2D eigenvalue weighted by atomic mass is 15.0. The normalized spacial score (nSPS) is 39.9. The van der Waals surface area contributed by atoms with E-state index in [9.17, 15) is 0 Å². The van der Waals surface area contributed by atoms with Gasteiger partial charge in [-0.05, 0) is 24.8 Å². The molecule has 68 valence electrons. The van der Waals surface area contributed by atoms with Gasteiger partial charge >= 0.3 is 0 Å². The fraction of sp³-hybridized carbons (Fsp3) is 0.800. The van der Waals surface area contributed by atoms with Crippen LogP contribution in [0.5, 0.6) is 0 Å². The third-order valence-electron chi connectivity index (χ3n) is 3.07. The van der Waals surface area contributed by atoms with Crippen molar-refractivity contribution >= 4 is 0 Å². The van der Waals surface area contributed by atoms with Gasteiger partial charge in [-0.2, -0.15) is 0 Å². The molecule has 12 heavy (non-hydrogen) atoms. The van der Waals surface area contributed by atoms with Crippen molar-refractivity contribution in [3.63, 3.8) is 0 Å². The molecule has 0 aromatic rings. The van der Waals surface area contributed by atoms with Gasteiger partial charge in [0.25, 0.3) is 0 Å². The van der Waals surface area contributed by atoms with Crippen molar-refractivity contribution in [1.29, 1.82) is 0 Å². The van der Waals surface area contributed by atoms with E-state index in [1.807, 2.05) is 0 Å². The second-order valence-corrected chi connectivity index (χ2v) is 3.81. The molecule has 2 rings (SSSR count). The standard InChI is InChI=1S/C10H18N2/c1-2-12-10-5-3-4-8-6-11-7-9(8)10/h3-4,8-12H,2,5-7H2,1H3. The highest BCUT2D eigenvalue weighted by Gasteiger charge is 2.33. The molecular weight excluding hydrogens is 148 g/mol. The van der Waals surface area contributed by atoms with Gasteiger partial charge in [0.2, 0.25) is 0 Å². The van der Waals surface area contributed by atoms with Crippen LogP contribution in [0.2, 0.25) is 0 Å². The van der Waals surface area contributed by atoms with Gasteiger partial charge in [-0.3, -0.25) is 0 Å². The Bertz CT molecular complexity index is 177. The summed E-state index contributed by atoms with van der Waals surface area (Å²) in [5.74, 6) is 1.64. The summed E-state index contributed by atoms with van der Waals surface area (Å²) in [7, 11) is 0. The Morgan fingerprint density at radius 3 is 3.25 bits per heavy atom. The highest BCUT2D eigenvalue weighted by molar-refractivity contribution is 5.07. The van der Waals surface area contributed by atoms with Crippen molar-refractivity contribution < 1.29 is 0 Å². The highest BCUT2D eigenvalue weighted by Crippen LogP contribution is 2.27. The molecule has 2 N–H and O–H groups in total. The van der Waals surface area contributed by atoms with Crippen LogP contribution in [-0.2, 0) is 0 Å². The first kappa shape index (κ1) is 8.27. The summed E-state index contributed by atoms with van der Waals surface area (Å²) in [4.78, 5) is 0. The number of fused-ring (bicyclic) bond motifs is 1. The zero-order chi connectivity index (χ0) is 8.39. The third kappa shape index (κ3) is 1.41. The van der Waals surface area contributed by atoms with Crippen LogP contribution < -0.4 is 10.6 Å². The maximum atomic E-state index is 3.56. The molecular formula is C10H18N2. The molecule has 1 heterocycles. The lowest BCUT2D eigenvalue weighted by molar-refractivity contribution is 0.327. The summed E-state index contributed by atoms with van der Waals surface area (Å²) in [6, 6.07) is 0.722. The minimum absolute atomic E-state index is 0.722. The molecule has 2 aliphatic rings. The Morgan fingerprint density at radius 1 is 1.50 bits per heavy atom. The number of nitrogens with one attached hydrogen (secondary N) is 2. The van der Waals surface area contributed by atoms with Crippen LogP contribution in [0.25, 0.3) is 0 Å². The largest absolute Gasteiger partial charge is 0.316 e. The quantitative estimate of drug-likeness (QED) is 0.592. The van der Waals surface area contributed by atoms with Crippen molar-refractivity contribution in [2.75, 3.05) is 19.6 Å². The van der Waals surface area contributed by atoms with E-state index in [2.05, 4.69) is 29.7 Å². The van der Waals surface area contributed by atoms with E-state index in [1.165, 1.54) is 19.5 Å². The molecule has 3 unspecified atom stereocenters. The van der Waals surface area contributed by atoms with Gasteiger partial charge in [-0.25, -0.2) is 0 Å². The lowest BCUT2D eigenvalue weighted by Crippen LogP contribution is -2.40.